The molecule has 0 aliphatic carbocycles. The molecule has 2 aliphatic rings. The van der Waals surface area contributed by atoms with Gasteiger partial charge in [0, 0.05) is 32.1 Å². The molecular weight excluding hydrogens is 432 g/mol. The highest BCUT2D eigenvalue weighted by molar-refractivity contribution is 5.97. The van der Waals surface area contributed by atoms with E-state index in [4.69, 9.17) is 9.47 Å². The lowest BCUT2D eigenvalue weighted by Gasteiger charge is -2.34. The Morgan fingerprint density at radius 2 is 1.88 bits per heavy atom. The van der Waals surface area contributed by atoms with Gasteiger partial charge in [-0.1, -0.05) is 24.3 Å². The molecule has 0 spiro atoms. The number of piperazine rings is 1. The molecule has 2 amide bonds. The summed E-state index contributed by atoms with van der Waals surface area (Å²) in [6.45, 7) is 2.69. The topological polar surface area (TPSA) is 83.1 Å². The molecule has 2 heterocycles. The minimum Gasteiger partial charge on any atom is -0.497 e. The predicted molar refractivity (Wildman–Crippen MR) is 130 cm³/mol. The maximum absolute atomic E-state index is 13.1. The Morgan fingerprint density at radius 1 is 1.09 bits per heavy atom. The highest BCUT2D eigenvalue weighted by Crippen LogP contribution is 2.25. The SMILES string of the molecule is COc1ccc(C[C@@H]2NC(=O)[C@@H]3C[C@H](NCc4cccc(OCCN(C)C)c4)CN3C2=O)cc1. The number of benzene rings is 2. The van der Waals surface area contributed by atoms with Crippen LogP contribution >= 0.6 is 0 Å². The lowest BCUT2D eigenvalue weighted by Crippen LogP contribution is -2.61. The summed E-state index contributed by atoms with van der Waals surface area (Å²) in [6.07, 6.45) is 1.09. The van der Waals surface area contributed by atoms with Gasteiger partial charge in [0.05, 0.1) is 7.11 Å². The number of carbonyl (C=O) groups is 2. The number of likely N-dealkylation sites (N-methyl/N-ethyl adjacent to an activating group) is 1. The minimum atomic E-state index is -0.535. The van der Waals surface area contributed by atoms with E-state index in [1.807, 2.05) is 56.6 Å². The number of ether oxygens (including phenoxy) is 2. The zero-order chi connectivity index (χ0) is 24.1. The van der Waals surface area contributed by atoms with E-state index in [9.17, 15) is 9.59 Å². The summed E-state index contributed by atoms with van der Waals surface area (Å²) in [5.41, 5.74) is 2.10. The van der Waals surface area contributed by atoms with Crippen LogP contribution < -0.4 is 20.1 Å². The molecule has 8 heteroatoms. The molecule has 34 heavy (non-hydrogen) atoms. The molecule has 2 aromatic carbocycles. The van der Waals surface area contributed by atoms with E-state index in [1.54, 1.807) is 12.0 Å². The van der Waals surface area contributed by atoms with Gasteiger partial charge >= 0.3 is 0 Å². The first-order valence-corrected chi connectivity index (χ1v) is 11.8. The van der Waals surface area contributed by atoms with Crippen LogP contribution in [0.15, 0.2) is 48.5 Å². The van der Waals surface area contributed by atoms with Gasteiger partial charge in [0.2, 0.25) is 11.8 Å². The summed E-state index contributed by atoms with van der Waals surface area (Å²) in [5, 5.41) is 6.46. The number of carbonyl (C=O) groups excluding carboxylic acids is 2. The van der Waals surface area contributed by atoms with Gasteiger partial charge in [-0.3, -0.25) is 9.59 Å². The van der Waals surface area contributed by atoms with Crippen LogP contribution in [0, 0.1) is 0 Å². The Labute approximate surface area is 201 Å². The number of fused-ring (bicyclic) bond motifs is 1. The molecule has 4 rings (SSSR count). The van der Waals surface area contributed by atoms with Crippen molar-refractivity contribution in [2.45, 2.75) is 37.5 Å². The number of amides is 2. The molecule has 2 N–H and O–H groups in total. The molecule has 182 valence electrons. The first-order valence-electron chi connectivity index (χ1n) is 11.8. The number of hydrogen-bond acceptors (Lipinski definition) is 6. The molecule has 0 saturated carbocycles. The Bertz CT molecular complexity index is 995. The van der Waals surface area contributed by atoms with E-state index in [0.717, 1.165) is 29.2 Å². The van der Waals surface area contributed by atoms with Crippen LogP contribution in [0.3, 0.4) is 0 Å². The molecule has 0 bridgehead atoms. The summed E-state index contributed by atoms with van der Waals surface area (Å²) in [5.74, 6) is 1.53. The number of nitrogens with one attached hydrogen (secondary N) is 2. The summed E-state index contributed by atoms with van der Waals surface area (Å²) in [6, 6.07) is 14.7. The van der Waals surface area contributed by atoms with Crippen molar-refractivity contribution in [3.8, 4) is 11.5 Å². The van der Waals surface area contributed by atoms with Crippen molar-refractivity contribution in [2.75, 3.05) is 40.9 Å². The minimum absolute atomic E-state index is 0.0130. The summed E-state index contributed by atoms with van der Waals surface area (Å²) < 4.78 is 11.0. The Balaban J connectivity index is 1.31. The Kier molecular flexibility index (Phi) is 7.70. The molecule has 3 atom stereocenters. The van der Waals surface area contributed by atoms with E-state index in [2.05, 4.69) is 21.6 Å². The Hall–Kier alpha value is -3.10. The molecule has 2 fully saturated rings. The quantitative estimate of drug-likeness (QED) is 0.551. The monoisotopic (exact) mass is 466 g/mol. The fourth-order valence-electron chi connectivity index (χ4n) is 4.49. The van der Waals surface area contributed by atoms with E-state index < -0.39 is 12.1 Å². The first kappa shape index (κ1) is 24.0. The standard InChI is InChI=1S/C26H34N4O4/c1-29(2)11-12-34-22-6-4-5-19(13-22)16-27-20-15-24-25(31)28-23(26(32)30(24)17-20)14-18-7-9-21(33-3)10-8-18/h4-10,13,20,23-24,27H,11-12,14-17H2,1-3H3,(H,28,31)/t20-,23-,24-/m0/s1. The molecule has 2 aromatic rings. The number of nitrogens with zero attached hydrogens (tertiary/aromatic N) is 2. The second-order valence-electron chi connectivity index (χ2n) is 9.23. The third-order valence-corrected chi connectivity index (χ3v) is 6.40. The van der Waals surface area contributed by atoms with Crippen molar-refractivity contribution >= 4 is 11.8 Å². The van der Waals surface area contributed by atoms with E-state index in [0.29, 0.717) is 32.5 Å². The van der Waals surface area contributed by atoms with Crippen molar-refractivity contribution < 1.29 is 19.1 Å². The molecule has 2 aliphatic heterocycles. The average molecular weight is 467 g/mol. The van der Waals surface area contributed by atoms with Crippen molar-refractivity contribution in [3.63, 3.8) is 0 Å². The molecule has 0 unspecified atom stereocenters. The van der Waals surface area contributed by atoms with Gasteiger partial charge in [-0.2, -0.15) is 0 Å². The second-order valence-corrected chi connectivity index (χ2v) is 9.23. The zero-order valence-corrected chi connectivity index (χ0v) is 20.1. The van der Waals surface area contributed by atoms with Crippen LogP contribution in [0.4, 0.5) is 0 Å². The maximum atomic E-state index is 13.1. The molecule has 0 aromatic heterocycles. The van der Waals surface area contributed by atoms with Gasteiger partial charge in [-0.05, 0) is 55.9 Å². The van der Waals surface area contributed by atoms with Crippen LogP contribution in [-0.2, 0) is 22.6 Å². The zero-order valence-electron chi connectivity index (χ0n) is 20.1. The normalized spacial score (nSPS) is 22.0. The predicted octanol–water partition coefficient (Wildman–Crippen LogP) is 1.44. The highest BCUT2D eigenvalue weighted by Gasteiger charge is 2.46. The first-order chi connectivity index (χ1) is 16.4. The van der Waals surface area contributed by atoms with Crippen molar-refractivity contribution in [1.29, 1.82) is 0 Å². The molecular formula is C26H34N4O4. The van der Waals surface area contributed by atoms with E-state index in [1.165, 1.54) is 0 Å². The average Bonchev–Trinajstić information content (AvgIpc) is 3.27. The van der Waals surface area contributed by atoms with Gasteiger partial charge in [0.25, 0.3) is 0 Å². The van der Waals surface area contributed by atoms with E-state index in [-0.39, 0.29) is 17.9 Å². The van der Waals surface area contributed by atoms with Gasteiger partial charge in [-0.15, -0.1) is 0 Å². The van der Waals surface area contributed by atoms with Gasteiger partial charge in [-0.25, -0.2) is 0 Å². The van der Waals surface area contributed by atoms with Gasteiger partial charge in [0.15, 0.2) is 0 Å². The van der Waals surface area contributed by atoms with Gasteiger partial charge in [0.1, 0.15) is 30.2 Å². The number of hydrogen-bond donors (Lipinski definition) is 2. The van der Waals surface area contributed by atoms with Crippen LogP contribution in [0.25, 0.3) is 0 Å². The second kappa shape index (κ2) is 10.9. The van der Waals surface area contributed by atoms with Crippen LogP contribution in [-0.4, -0.2) is 80.6 Å². The van der Waals surface area contributed by atoms with Crippen LogP contribution in [0.2, 0.25) is 0 Å². The van der Waals surface area contributed by atoms with Crippen molar-refractivity contribution in [1.82, 2.24) is 20.4 Å². The number of rotatable bonds is 10. The summed E-state index contributed by atoms with van der Waals surface area (Å²) in [7, 11) is 5.66. The molecule has 2 saturated heterocycles. The lowest BCUT2D eigenvalue weighted by molar-refractivity contribution is -0.147. The van der Waals surface area contributed by atoms with Crippen molar-refractivity contribution in [3.05, 3.63) is 59.7 Å². The van der Waals surface area contributed by atoms with Gasteiger partial charge < -0.3 is 29.9 Å². The largest absolute Gasteiger partial charge is 0.497 e. The van der Waals surface area contributed by atoms with E-state index >= 15 is 0 Å². The third-order valence-electron chi connectivity index (χ3n) is 6.40. The van der Waals surface area contributed by atoms with Crippen LogP contribution in [0.5, 0.6) is 11.5 Å². The molecule has 0 radical (unpaired) electrons. The Morgan fingerprint density at radius 3 is 2.62 bits per heavy atom. The maximum Gasteiger partial charge on any atom is 0.246 e. The lowest BCUT2D eigenvalue weighted by atomic mass is 10.0. The van der Waals surface area contributed by atoms with Crippen molar-refractivity contribution in [2.24, 2.45) is 0 Å². The fourth-order valence-corrected chi connectivity index (χ4v) is 4.49. The summed E-state index contributed by atoms with van der Waals surface area (Å²) in [4.78, 5) is 29.7. The smallest absolute Gasteiger partial charge is 0.246 e. The van der Waals surface area contributed by atoms with Crippen LogP contribution in [0.1, 0.15) is 17.5 Å². The fraction of sp³-hybridized carbons (Fsp3) is 0.462. The highest BCUT2D eigenvalue weighted by atomic mass is 16.5. The summed E-state index contributed by atoms with van der Waals surface area (Å²) >= 11 is 0. The third kappa shape index (κ3) is 5.87. The molecule has 8 nitrogen and oxygen atoms in total. The number of methoxy groups -OCH3 is 1.